The summed E-state index contributed by atoms with van der Waals surface area (Å²) in [5, 5.41) is 3.45. The summed E-state index contributed by atoms with van der Waals surface area (Å²) in [6, 6.07) is 8.20. The van der Waals surface area contributed by atoms with Crippen molar-refractivity contribution in [1.29, 1.82) is 0 Å². The molecular weight excluding hydrogens is 242 g/mol. The minimum atomic E-state index is -0.936. The predicted molar refractivity (Wildman–Crippen MR) is 79.4 cm³/mol. The summed E-state index contributed by atoms with van der Waals surface area (Å²) in [5.41, 5.74) is 1.23. The van der Waals surface area contributed by atoms with Crippen LogP contribution in [-0.4, -0.2) is 22.5 Å². The molecule has 18 heavy (non-hydrogen) atoms. The van der Waals surface area contributed by atoms with Crippen LogP contribution in [0.15, 0.2) is 29.2 Å². The minimum Gasteiger partial charge on any atom is -0.313 e. The van der Waals surface area contributed by atoms with E-state index in [9.17, 15) is 4.21 Å². The van der Waals surface area contributed by atoms with Crippen molar-refractivity contribution in [1.82, 2.24) is 5.32 Å². The molecule has 0 saturated carbocycles. The van der Waals surface area contributed by atoms with Gasteiger partial charge in [0.05, 0.1) is 10.8 Å². The van der Waals surface area contributed by atoms with Gasteiger partial charge in [-0.1, -0.05) is 45.9 Å². The molecule has 0 aromatic heterocycles. The Kier molecular flexibility index (Phi) is 5.54. The molecule has 0 spiro atoms. The zero-order valence-electron chi connectivity index (χ0n) is 12.1. The van der Waals surface area contributed by atoms with Gasteiger partial charge in [-0.3, -0.25) is 4.21 Å². The molecule has 1 aromatic rings. The van der Waals surface area contributed by atoms with E-state index in [2.05, 4.69) is 33.0 Å². The van der Waals surface area contributed by atoms with Crippen molar-refractivity contribution in [3.8, 4) is 0 Å². The number of rotatable bonds is 5. The Morgan fingerprint density at radius 2 is 1.89 bits per heavy atom. The lowest BCUT2D eigenvalue weighted by Crippen LogP contribution is -2.44. The number of hydrogen-bond donors (Lipinski definition) is 1. The Balaban J connectivity index is 2.82. The Labute approximate surface area is 114 Å². The van der Waals surface area contributed by atoms with E-state index in [1.807, 2.05) is 31.2 Å². The van der Waals surface area contributed by atoms with Crippen molar-refractivity contribution in [3.63, 3.8) is 0 Å². The molecule has 0 bridgehead atoms. The van der Waals surface area contributed by atoms with E-state index >= 15 is 0 Å². The zero-order chi connectivity index (χ0) is 13.8. The SMILES string of the molecule is CCNC(CS(=O)c1ccccc1C)C(C)(C)C. The van der Waals surface area contributed by atoms with Crippen LogP contribution in [0, 0.1) is 12.3 Å². The standard InChI is InChI=1S/C15H25NOS/c1-6-16-14(15(3,4)5)11-18(17)13-10-8-7-9-12(13)2/h7-10,14,16H,6,11H2,1-5H3. The third kappa shape index (κ3) is 4.21. The maximum Gasteiger partial charge on any atom is 0.0548 e. The summed E-state index contributed by atoms with van der Waals surface area (Å²) in [5.74, 6) is 0.669. The molecule has 2 unspecified atom stereocenters. The van der Waals surface area contributed by atoms with E-state index in [0.717, 1.165) is 17.0 Å². The highest BCUT2D eigenvalue weighted by Crippen LogP contribution is 2.22. The van der Waals surface area contributed by atoms with Crippen LogP contribution in [0.2, 0.25) is 0 Å². The number of aryl methyl sites for hydroxylation is 1. The van der Waals surface area contributed by atoms with Gasteiger partial charge in [0.2, 0.25) is 0 Å². The van der Waals surface area contributed by atoms with Crippen molar-refractivity contribution in [2.45, 2.75) is 45.6 Å². The fourth-order valence-electron chi connectivity index (χ4n) is 1.91. The largest absolute Gasteiger partial charge is 0.313 e. The Morgan fingerprint density at radius 1 is 1.28 bits per heavy atom. The van der Waals surface area contributed by atoms with Crippen LogP contribution >= 0.6 is 0 Å². The Morgan fingerprint density at radius 3 is 2.39 bits per heavy atom. The predicted octanol–water partition coefficient (Wildman–Crippen LogP) is 3.13. The fraction of sp³-hybridized carbons (Fsp3) is 0.600. The van der Waals surface area contributed by atoms with Crippen LogP contribution in [-0.2, 0) is 10.8 Å². The molecule has 0 amide bonds. The molecule has 0 aliphatic heterocycles. The Hall–Kier alpha value is -0.670. The van der Waals surface area contributed by atoms with Crippen molar-refractivity contribution in [2.75, 3.05) is 12.3 Å². The average Bonchev–Trinajstić information content (AvgIpc) is 2.27. The molecule has 2 atom stereocenters. The first kappa shape index (κ1) is 15.4. The number of benzene rings is 1. The van der Waals surface area contributed by atoms with Crippen LogP contribution in [0.4, 0.5) is 0 Å². The highest BCUT2D eigenvalue weighted by Gasteiger charge is 2.26. The quantitative estimate of drug-likeness (QED) is 0.888. The van der Waals surface area contributed by atoms with Crippen molar-refractivity contribution < 1.29 is 4.21 Å². The smallest absolute Gasteiger partial charge is 0.0548 e. The van der Waals surface area contributed by atoms with Crippen molar-refractivity contribution in [3.05, 3.63) is 29.8 Å². The molecule has 102 valence electrons. The van der Waals surface area contributed by atoms with Crippen LogP contribution in [0.1, 0.15) is 33.3 Å². The number of hydrogen-bond acceptors (Lipinski definition) is 2. The summed E-state index contributed by atoms with van der Waals surface area (Å²) in [6.45, 7) is 11.6. The van der Waals surface area contributed by atoms with Gasteiger partial charge < -0.3 is 5.32 Å². The van der Waals surface area contributed by atoms with Crippen molar-refractivity contribution >= 4 is 10.8 Å². The fourth-order valence-corrected chi connectivity index (χ4v) is 3.67. The van der Waals surface area contributed by atoms with E-state index in [1.165, 1.54) is 0 Å². The van der Waals surface area contributed by atoms with Crippen LogP contribution < -0.4 is 5.32 Å². The first-order valence-electron chi connectivity index (χ1n) is 6.53. The minimum absolute atomic E-state index is 0.119. The highest BCUT2D eigenvalue weighted by atomic mass is 32.2. The second-order valence-corrected chi connectivity index (χ2v) is 7.22. The molecule has 0 saturated heterocycles. The van der Waals surface area contributed by atoms with Gasteiger partial charge >= 0.3 is 0 Å². The lowest BCUT2D eigenvalue weighted by atomic mass is 9.88. The van der Waals surface area contributed by atoms with Gasteiger partial charge in [-0.25, -0.2) is 0 Å². The topological polar surface area (TPSA) is 29.1 Å². The molecule has 2 nitrogen and oxygen atoms in total. The molecular formula is C15H25NOS. The summed E-state index contributed by atoms with van der Waals surface area (Å²) in [7, 11) is -0.936. The Bertz CT molecular complexity index is 409. The maximum absolute atomic E-state index is 12.5. The van der Waals surface area contributed by atoms with Gasteiger partial charge in [-0.05, 0) is 30.5 Å². The maximum atomic E-state index is 12.5. The lowest BCUT2D eigenvalue weighted by Gasteiger charge is -2.31. The summed E-state index contributed by atoms with van der Waals surface area (Å²) < 4.78 is 12.5. The van der Waals surface area contributed by atoms with Gasteiger partial charge in [0.25, 0.3) is 0 Å². The lowest BCUT2D eigenvalue weighted by molar-refractivity contribution is 0.294. The first-order valence-corrected chi connectivity index (χ1v) is 7.85. The third-order valence-electron chi connectivity index (χ3n) is 3.15. The summed E-state index contributed by atoms with van der Waals surface area (Å²) >= 11 is 0. The third-order valence-corrected chi connectivity index (χ3v) is 4.74. The second-order valence-electron chi connectivity index (χ2n) is 5.75. The molecule has 0 heterocycles. The van der Waals surface area contributed by atoms with E-state index in [-0.39, 0.29) is 11.5 Å². The van der Waals surface area contributed by atoms with Crippen molar-refractivity contribution in [2.24, 2.45) is 5.41 Å². The van der Waals surface area contributed by atoms with E-state index in [4.69, 9.17) is 0 Å². The molecule has 0 radical (unpaired) electrons. The van der Waals surface area contributed by atoms with E-state index in [0.29, 0.717) is 5.75 Å². The average molecular weight is 267 g/mol. The van der Waals surface area contributed by atoms with Gasteiger partial charge in [0.15, 0.2) is 0 Å². The summed E-state index contributed by atoms with van der Waals surface area (Å²) in [6.07, 6.45) is 0. The molecule has 1 N–H and O–H groups in total. The molecule has 1 rings (SSSR count). The zero-order valence-corrected chi connectivity index (χ0v) is 12.9. The second kappa shape index (κ2) is 6.48. The summed E-state index contributed by atoms with van der Waals surface area (Å²) in [4.78, 5) is 0.963. The number of nitrogens with one attached hydrogen (secondary N) is 1. The van der Waals surface area contributed by atoms with Gasteiger partial charge in [0, 0.05) is 16.7 Å². The van der Waals surface area contributed by atoms with Crippen LogP contribution in [0.25, 0.3) is 0 Å². The molecule has 0 aliphatic rings. The van der Waals surface area contributed by atoms with Gasteiger partial charge in [0.1, 0.15) is 0 Å². The molecule has 0 fully saturated rings. The first-order chi connectivity index (χ1) is 8.36. The van der Waals surface area contributed by atoms with Crippen LogP contribution in [0.5, 0.6) is 0 Å². The monoisotopic (exact) mass is 267 g/mol. The van der Waals surface area contributed by atoms with Crippen LogP contribution in [0.3, 0.4) is 0 Å². The normalized spacial score (nSPS) is 15.4. The van der Waals surface area contributed by atoms with E-state index in [1.54, 1.807) is 0 Å². The van der Waals surface area contributed by atoms with Gasteiger partial charge in [-0.2, -0.15) is 0 Å². The van der Waals surface area contributed by atoms with Gasteiger partial charge in [-0.15, -0.1) is 0 Å². The molecule has 0 aliphatic carbocycles. The van der Waals surface area contributed by atoms with E-state index < -0.39 is 10.8 Å². The highest BCUT2D eigenvalue weighted by molar-refractivity contribution is 7.85. The molecule has 3 heteroatoms. The molecule has 1 aromatic carbocycles.